The Bertz CT molecular complexity index is 590. The average Bonchev–Trinajstić information content (AvgIpc) is 3.19. The summed E-state index contributed by atoms with van der Waals surface area (Å²) in [4.78, 5) is 0. The molecule has 0 amide bonds. The molecule has 1 aliphatic carbocycles. The van der Waals surface area contributed by atoms with Gasteiger partial charge in [0.1, 0.15) is 5.01 Å². The topological polar surface area (TPSA) is 37.8 Å². The highest BCUT2D eigenvalue weighted by Crippen LogP contribution is 2.43. The number of halogens is 1. The van der Waals surface area contributed by atoms with Crippen molar-refractivity contribution in [2.45, 2.75) is 39.2 Å². The van der Waals surface area contributed by atoms with E-state index in [1.165, 1.54) is 18.4 Å². The third kappa shape index (κ3) is 3.95. The van der Waals surface area contributed by atoms with Crippen molar-refractivity contribution in [3.8, 4) is 0 Å². The van der Waals surface area contributed by atoms with E-state index >= 15 is 0 Å². The third-order valence-corrected chi connectivity index (χ3v) is 4.78. The van der Waals surface area contributed by atoms with Gasteiger partial charge in [0, 0.05) is 11.4 Å². The molecule has 1 atom stereocenters. The lowest BCUT2D eigenvalue weighted by Gasteiger charge is -2.17. The Morgan fingerprint density at radius 2 is 1.95 bits per heavy atom. The molecule has 0 saturated heterocycles. The molecule has 3 rings (SSSR count). The maximum absolute atomic E-state index is 5.98. The van der Waals surface area contributed by atoms with Crippen molar-refractivity contribution in [1.29, 1.82) is 0 Å². The van der Waals surface area contributed by atoms with Crippen LogP contribution in [0.1, 0.15) is 43.3 Å². The molecule has 1 saturated carbocycles. The van der Waals surface area contributed by atoms with Crippen LogP contribution in [0.2, 0.25) is 5.02 Å². The van der Waals surface area contributed by atoms with Crippen LogP contribution in [0.25, 0.3) is 0 Å². The van der Waals surface area contributed by atoms with Crippen LogP contribution in [0, 0.1) is 11.8 Å². The maximum Gasteiger partial charge on any atom is 0.206 e. The number of nitrogens with one attached hydrogen (secondary N) is 1. The summed E-state index contributed by atoms with van der Waals surface area (Å²) in [6.45, 7) is 4.41. The van der Waals surface area contributed by atoms with E-state index in [1.54, 1.807) is 11.3 Å². The van der Waals surface area contributed by atoms with Gasteiger partial charge in [0.25, 0.3) is 0 Å². The minimum atomic E-state index is 0.321. The van der Waals surface area contributed by atoms with Crippen LogP contribution in [0.3, 0.4) is 0 Å². The molecule has 1 fully saturated rings. The van der Waals surface area contributed by atoms with E-state index in [4.69, 9.17) is 11.6 Å². The van der Waals surface area contributed by atoms with Gasteiger partial charge in [0.2, 0.25) is 5.13 Å². The molecule has 112 valence electrons. The van der Waals surface area contributed by atoms with Crippen molar-refractivity contribution in [3.05, 3.63) is 39.9 Å². The van der Waals surface area contributed by atoms with Gasteiger partial charge in [-0.25, -0.2) is 0 Å². The Kier molecular flexibility index (Phi) is 4.45. The Balaban J connectivity index is 1.73. The van der Waals surface area contributed by atoms with Gasteiger partial charge in [-0.05, 0) is 42.4 Å². The van der Waals surface area contributed by atoms with Crippen LogP contribution in [0.15, 0.2) is 24.3 Å². The summed E-state index contributed by atoms with van der Waals surface area (Å²) in [7, 11) is 0. The predicted octanol–water partition coefficient (Wildman–Crippen LogP) is 4.95. The maximum atomic E-state index is 5.98. The summed E-state index contributed by atoms with van der Waals surface area (Å²) in [5.41, 5.74) is 1.28. The van der Waals surface area contributed by atoms with Crippen molar-refractivity contribution < 1.29 is 0 Å². The van der Waals surface area contributed by atoms with Crippen LogP contribution in [-0.2, 0) is 6.42 Å². The first-order valence-electron chi connectivity index (χ1n) is 7.46. The molecule has 0 bridgehead atoms. The smallest absolute Gasteiger partial charge is 0.206 e. The molecule has 1 aromatic heterocycles. The van der Waals surface area contributed by atoms with Gasteiger partial charge >= 0.3 is 0 Å². The van der Waals surface area contributed by atoms with Gasteiger partial charge in [0.05, 0.1) is 6.04 Å². The third-order valence-electron chi connectivity index (χ3n) is 3.65. The first-order chi connectivity index (χ1) is 10.1. The highest BCUT2D eigenvalue weighted by Gasteiger charge is 2.33. The Morgan fingerprint density at radius 3 is 2.57 bits per heavy atom. The SMILES string of the molecule is CC(C)Cc1nnc(NC(c2ccc(Cl)cc2)C2CC2)s1. The molecule has 1 unspecified atom stereocenters. The summed E-state index contributed by atoms with van der Waals surface area (Å²) in [5.74, 6) is 1.31. The zero-order valence-corrected chi connectivity index (χ0v) is 13.9. The number of hydrogen-bond donors (Lipinski definition) is 1. The quantitative estimate of drug-likeness (QED) is 0.817. The second kappa shape index (κ2) is 6.32. The van der Waals surface area contributed by atoms with E-state index in [9.17, 15) is 0 Å². The zero-order chi connectivity index (χ0) is 14.8. The van der Waals surface area contributed by atoms with Crippen LogP contribution < -0.4 is 5.32 Å². The van der Waals surface area contributed by atoms with E-state index in [-0.39, 0.29) is 0 Å². The zero-order valence-electron chi connectivity index (χ0n) is 12.3. The van der Waals surface area contributed by atoms with Crippen molar-refractivity contribution >= 4 is 28.1 Å². The minimum Gasteiger partial charge on any atom is -0.353 e. The summed E-state index contributed by atoms with van der Waals surface area (Å²) >= 11 is 7.66. The summed E-state index contributed by atoms with van der Waals surface area (Å²) in [6.07, 6.45) is 3.55. The van der Waals surface area contributed by atoms with Gasteiger partial charge < -0.3 is 5.32 Å². The fraction of sp³-hybridized carbons (Fsp3) is 0.500. The van der Waals surface area contributed by atoms with Crippen LogP contribution in [0.4, 0.5) is 5.13 Å². The van der Waals surface area contributed by atoms with E-state index in [0.717, 1.165) is 21.6 Å². The normalized spacial score (nSPS) is 16.2. The molecular weight excluding hydrogens is 302 g/mol. The molecule has 5 heteroatoms. The highest BCUT2D eigenvalue weighted by molar-refractivity contribution is 7.15. The van der Waals surface area contributed by atoms with Crippen LogP contribution in [0.5, 0.6) is 0 Å². The molecule has 1 aromatic carbocycles. The molecule has 1 heterocycles. The molecule has 1 aliphatic rings. The number of benzene rings is 1. The van der Waals surface area contributed by atoms with E-state index < -0.39 is 0 Å². The van der Waals surface area contributed by atoms with Gasteiger partial charge in [-0.2, -0.15) is 0 Å². The molecular formula is C16H20ClN3S. The highest BCUT2D eigenvalue weighted by atomic mass is 35.5. The monoisotopic (exact) mass is 321 g/mol. The Labute approximate surface area is 134 Å². The fourth-order valence-electron chi connectivity index (χ4n) is 2.45. The van der Waals surface area contributed by atoms with Crippen LogP contribution in [-0.4, -0.2) is 10.2 Å². The number of aromatic nitrogens is 2. The van der Waals surface area contributed by atoms with E-state index in [0.29, 0.717) is 17.9 Å². The molecule has 0 spiro atoms. The average molecular weight is 322 g/mol. The number of anilines is 1. The molecule has 0 aliphatic heterocycles. The first-order valence-corrected chi connectivity index (χ1v) is 8.65. The van der Waals surface area contributed by atoms with Crippen molar-refractivity contribution in [2.24, 2.45) is 11.8 Å². The standard InChI is InChI=1S/C16H20ClN3S/c1-10(2)9-14-19-20-16(21-14)18-15(11-3-4-11)12-5-7-13(17)8-6-12/h5-8,10-11,15H,3-4,9H2,1-2H3,(H,18,20). The molecule has 21 heavy (non-hydrogen) atoms. The molecule has 2 aromatic rings. The molecule has 1 N–H and O–H groups in total. The van der Waals surface area contributed by atoms with Crippen LogP contribution >= 0.6 is 22.9 Å². The second-order valence-corrected chi connectivity index (χ2v) is 7.61. The second-order valence-electron chi connectivity index (χ2n) is 6.11. The summed E-state index contributed by atoms with van der Waals surface area (Å²) < 4.78 is 0. The minimum absolute atomic E-state index is 0.321. The van der Waals surface area contributed by atoms with Gasteiger partial charge in [-0.3, -0.25) is 0 Å². The Hall–Kier alpha value is -1.13. The lowest BCUT2D eigenvalue weighted by molar-refractivity contribution is 0.639. The van der Waals surface area contributed by atoms with Crippen molar-refractivity contribution in [1.82, 2.24) is 10.2 Å². The van der Waals surface area contributed by atoms with Crippen molar-refractivity contribution in [3.63, 3.8) is 0 Å². The molecule has 3 nitrogen and oxygen atoms in total. The number of hydrogen-bond acceptors (Lipinski definition) is 4. The molecule has 0 radical (unpaired) electrons. The van der Waals surface area contributed by atoms with E-state index in [2.05, 4.69) is 41.5 Å². The number of rotatable bonds is 6. The van der Waals surface area contributed by atoms with Gasteiger partial charge in [0.15, 0.2) is 0 Å². The Morgan fingerprint density at radius 1 is 1.24 bits per heavy atom. The van der Waals surface area contributed by atoms with E-state index in [1.807, 2.05) is 12.1 Å². The summed E-state index contributed by atoms with van der Waals surface area (Å²) in [5, 5.41) is 15.0. The van der Waals surface area contributed by atoms with Gasteiger partial charge in [-0.15, -0.1) is 10.2 Å². The predicted molar refractivity (Wildman–Crippen MR) is 89.0 cm³/mol. The summed E-state index contributed by atoms with van der Waals surface area (Å²) in [6, 6.07) is 8.45. The van der Waals surface area contributed by atoms with Crippen molar-refractivity contribution in [2.75, 3.05) is 5.32 Å². The fourth-order valence-corrected chi connectivity index (χ4v) is 3.56. The first kappa shape index (κ1) is 14.8. The van der Waals surface area contributed by atoms with Gasteiger partial charge in [-0.1, -0.05) is 48.9 Å². The largest absolute Gasteiger partial charge is 0.353 e. The number of nitrogens with zero attached hydrogens (tertiary/aromatic N) is 2. The lowest BCUT2D eigenvalue weighted by atomic mass is 10.0. The lowest BCUT2D eigenvalue weighted by Crippen LogP contribution is -2.12.